The Labute approximate surface area is 142 Å². The number of halogens is 2. The van der Waals surface area contributed by atoms with Crippen molar-refractivity contribution in [3.05, 3.63) is 33.8 Å². The van der Waals surface area contributed by atoms with Gasteiger partial charge >= 0.3 is 6.03 Å². The van der Waals surface area contributed by atoms with Gasteiger partial charge in [0.15, 0.2) is 0 Å². The van der Waals surface area contributed by atoms with Gasteiger partial charge in [0.05, 0.1) is 0 Å². The number of hydrogen-bond acceptors (Lipinski definition) is 2. The topological polar surface area (TPSA) is 35.6 Å². The van der Waals surface area contributed by atoms with Gasteiger partial charge in [0.1, 0.15) is 0 Å². The zero-order chi connectivity index (χ0) is 15.9. The maximum absolute atomic E-state index is 11.9. The summed E-state index contributed by atoms with van der Waals surface area (Å²) in [4.78, 5) is 16.1. The Kier molecular flexibility index (Phi) is 6.80. The Morgan fingerprint density at radius 1 is 1.23 bits per heavy atom. The standard InChI is InChI=1S/C16H23Cl2N3O/c1-2-6-19-16(22)21-10-8-20(9-11-21)7-5-13-3-4-14(17)12-15(13)18/h3-4,12H,2,5-11H2,1H3,(H,19,22). The number of nitrogens with zero attached hydrogens (tertiary/aromatic N) is 2. The minimum absolute atomic E-state index is 0.0576. The van der Waals surface area contributed by atoms with Crippen molar-refractivity contribution < 1.29 is 4.79 Å². The molecule has 0 saturated carbocycles. The van der Waals surface area contributed by atoms with Crippen LogP contribution in [-0.2, 0) is 6.42 Å². The molecule has 1 fully saturated rings. The molecule has 0 spiro atoms. The second-order valence-electron chi connectivity index (χ2n) is 5.55. The first kappa shape index (κ1) is 17.4. The molecule has 1 aliphatic heterocycles. The van der Waals surface area contributed by atoms with Crippen LogP contribution >= 0.6 is 23.2 Å². The molecule has 0 atom stereocenters. The smallest absolute Gasteiger partial charge is 0.317 e. The Hall–Kier alpha value is -0.970. The molecule has 122 valence electrons. The highest BCUT2D eigenvalue weighted by molar-refractivity contribution is 6.35. The predicted octanol–water partition coefficient (Wildman–Crippen LogP) is 3.27. The second-order valence-corrected chi connectivity index (χ2v) is 6.39. The summed E-state index contributed by atoms with van der Waals surface area (Å²) in [6, 6.07) is 5.70. The molecule has 6 heteroatoms. The molecule has 0 aromatic heterocycles. The van der Waals surface area contributed by atoms with Crippen molar-refractivity contribution in [2.45, 2.75) is 19.8 Å². The first-order valence-electron chi connectivity index (χ1n) is 7.79. The third-order valence-corrected chi connectivity index (χ3v) is 4.49. The summed E-state index contributed by atoms with van der Waals surface area (Å²) in [7, 11) is 0. The van der Waals surface area contributed by atoms with Gasteiger partial charge in [-0.1, -0.05) is 36.2 Å². The summed E-state index contributed by atoms with van der Waals surface area (Å²) < 4.78 is 0. The number of piperazine rings is 1. The lowest BCUT2D eigenvalue weighted by molar-refractivity contribution is 0.140. The zero-order valence-electron chi connectivity index (χ0n) is 12.9. The highest BCUT2D eigenvalue weighted by Gasteiger charge is 2.20. The van der Waals surface area contributed by atoms with Crippen molar-refractivity contribution in [1.82, 2.24) is 15.1 Å². The second kappa shape index (κ2) is 8.61. The van der Waals surface area contributed by atoms with E-state index < -0.39 is 0 Å². The van der Waals surface area contributed by atoms with E-state index in [0.717, 1.165) is 62.7 Å². The summed E-state index contributed by atoms with van der Waals surface area (Å²) in [5.41, 5.74) is 1.12. The SMILES string of the molecule is CCCNC(=O)N1CCN(CCc2ccc(Cl)cc2Cl)CC1. The lowest BCUT2D eigenvalue weighted by atomic mass is 10.1. The molecule has 1 heterocycles. The average molecular weight is 344 g/mol. The number of hydrogen-bond donors (Lipinski definition) is 1. The van der Waals surface area contributed by atoms with E-state index in [4.69, 9.17) is 23.2 Å². The first-order chi connectivity index (χ1) is 10.6. The number of carbonyl (C=O) groups is 1. The Morgan fingerprint density at radius 2 is 1.95 bits per heavy atom. The first-order valence-corrected chi connectivity index (χ1v) is 8.55. The van der Waals surface area contributed by atoms with Gasteiger partial charge in [-0.05, 0) is 30.5 Å². The lowest BCUT2D eigenvalue weighted by Gasteiger charge is -2.34. The Morgan fingerprint density at radius 3 is 2.59 bits per heavy atom. The van der Waals surface area contributed by atoms with Crippen LogP contribution < -0.4 is 5.32 Å². The highest BCUT2D eigenvalue weighted by Crippen LogP contribution is 2.21. The monoisotopic (exact) mass is 343 g/mol. The van der Waals surface area contributed by atoms with Crippen molar-refractivity contribution >= 4 is 29.2 Å². The fourth-order valence-electron chi connectivity index (χ4n) is 2.52. The summed E-state index contributed by atoms with van der Waals surface area (Å²) in [6.07, 6.45) is 1.87. The average Bonchev–Trinajstić information content (AvgIpc) is 2.52. The lowest BCUT2D eigenvalue weighted by Crippen LogP contribution is -2.52. The van der Waals surface area contributed by atoms with Crippen LogP contribution in [0.4, 0.5) is 4.79 Å². The molecule has 0 bridgehead atoms. The van der Waals surface area contributed by atoms with E-state index in [-0.39, 0.29) is 6.03 Å². The molecule has 1 N–H and O–H groups in total. The fourth-order valence-corrected chi connectivity index (χ4v) is 3.02. The van der Waals surface area contributed by atoms with Gasteiger partial charge in [0.25, 0.3) is 0 Å². The van der Waals surface area contributed by atoms with Gasteiger partial charge in [0, 0.05) is 49.3 Å². The van der Waals surface area contributed by atoms with Crippen LogP contribution in [0.1, 0.15) is 18.9 Å². The molecule has 4 nitrogen and oxygen atoms in total. The van der Waals surface area contributed by atoms with Gasteiger partial charge in [-0.3, -0.25) is 4.90 Å². The largest absolute Gasteiger partial charge is 0.338 e. The van der Waals surface area contributed by atoms with E-state index in [2.05, 4.69) is 17.1 Å². The van der Waals surface area contributed by atoms with Crippen LogP contribution in [0.5, 0.6) is 0 Å². The minimum atomic E-state index is 0.0576. The van der Waals surface area contributed by atoms with Crippen LogP contribution in [0.2, 0.25) is 10.0 Å². The number of nitrogens with one attached hydrogen (secondary N) is 1. The normalized spacial score (nSPS) is 15.9. The van der Waals surface area contributed by atoms with E-state index >= 15 is 0 Å². The van der Waals surface area contributed by atoms with Crippen molar-refractivity contribution in [3.63, 3.8) is 0 Å². The quantitative estimate of drug-likeness (QED) is 0.890. The number of urea groups is 1. The molecule has 2 amide bonds. The summed E-state index contributed by atoms with van der Waals surface area (Å²) >= 11 is 12.1. The van der Waals surface area contributed by atoms with Crippen molar-refractivity contribution in [1.29, 1.82) is 0 Å². The molecule has 0 unspecified atom stereocenters. The summed E-state index contributed by atoms with van der Waals surface area (Å²) in [5, 5.41) is 4.32. The maximum Gasteiger partial charge on any atom is 0.317 e. The number of carbonyl (C=O) groups excluding carboxylic acids is 1. The number of benzene rings is 1. The Balaban J connectivity index is 1.74. The molecule has 1 saturated heterocycles. The van der Waals surface area contributed by atoms with Crippen LogP contribution in [0.3, 0.4) is 0 Å². The van der Waals surface area contributed by atoms with E-state index in [0.29, 0.717) is 5.02 Å². The number of rotatable bonds is 5. The molecule has 0 aliphatic carbocycles. The fraction of sp³-hybridized carbons (Fsp3) is 0.562. The summed E-state index contributed by atoms with van der Waals surface area (Å²) in [6.45, 7) is 7.13. The molecular formula is C16H23Cl2N3O. The number of amides is 2. The van der Waals surface area contributed by atoms with Gasteiger partial charge in [-0.15, -0.1) is 0 Å². The van der Waals surface area contributed by atoms with Gasteiger partial charge in [0.2, 0.25) is 0 Å². The zero-order valence-corrected chi connectivity index (χ0v) is 14.5. The molecule has 1 aromatic rings. The molecule has 1 aromatic carbocycles. The van der Waals surface area contributed by atoms with E-state index in [1.165, 1.54) is 0 Å². The van der Waals surface area contributed by atoms with E-state index in [1.54, 1.807) is 6.07 Å². The minimum Gasteiger partial charge on any atom is -0.338 e. The van der Waals surface area contributed by atoms with Crippen LogP contribution in [0, 0.1) is 0 Å². The molecular weight excluding hydrogens is 321 g/mol. The maximum atomic E-state index is 11.9. The highest BCUT2D eigenvalue weighted by atomic mass is 35.5. The van der Waals surface area contributed by atoms with Crippen LogP contribution in [0.25, 0.3) is 0 Å². The summed E-state index contributed by atoms with van der Waals surface area (Å²) in [5.74, 6) is 0. The molecule has 1 aliphatic rings. The Bertz CT molecular complexity index is 502. The van der Waals surface area contributed by atoms with Crippen molar-refractivity contribution in [2.75, 3.05) is 39.3 Å². The molecule has 0 radical (unpaired) electrons. The molecule has 2 rings (SSSR count). The van der Waals surface area contributed by atoms with Gasteiger partial charge in [-0.2, -0.15) is 0 Å². The van der Waals surface area contributed by atoms with Crippen LogP contribution in [-0.4, -0.2) is 55.1 Å². The van der Waals surface area contributed by atoms with E-state index in [1.807, 2.05) is 17.0 Å². The van der Waals surface area contributed by atoms with Crippen molar-refractivity contribution in [2.24, 2.45) is 0 Å². The van der Waals surface area contributed by atoms with Gasteiger partial charge < -0.3 is 10.2 Å². The molecule has 22 heavy (non-hydrogen) atoms. The van der Waals surface area contributed by atoms with Gasteiger partial charge in [-0.25, -0.2) is 4.79 Å². The van der Waals surface area contributed by atoms with E-state index in [9.17, 15) is 4.79 Å². The third kappa shape index (κ3) is 5.04. The predicted molar refractivity (Wildman–Crippen MR) is 91.9 cm³/mol. The van der Waals surface area contributed by atoms with Crippen molar-refractivity contribution in [3.8, 4) is 0 Å². The third-order valence-electron chi connectivity index (χ3n) is 3.90. The van der Waals surface area contributed by atoms with Crippen LogP contribution in [0.15, 0.2) is 18.2 Å².